The highest BCUT2D eigenvalue weighted by atomic mass is 16.3. The number of hydrogen-bond donors (Lipinski definition) is 1. The molecule has 1 N–H and O–H groups in total. The van der Waals surface area contributed by atoms with Crippen LogP contribution in [0, 0.1) is 25.2 Å². The normalized spacial score (nSPS) is 10.5. The summed E-state index contributed by atoms with van der Waals surface area (Å²) in [6.45, 7) is 3.49. The maximum absolute atomic E-state index is 13.1. The highest BCUT2D eigenvalue weighted by molar-refractivity contribution is 6.12. The van der Waals surface area contributed by atoms with Gasteiger partial charge in [-0.3, -0.25) is 14.2 Å². The van der Waals surface area contributed by atoms with Gasteiger partial charge in [-0.1, -0.05) is 54.6 Å². The summed E-state index contributed by atoms with van der Waals surface area (Å²) in [6.07, 6.45) is 0.486. The number of aryl methyl sites for hydroxylation is 2. The summed E-state index contributed by atoms with van der Waals surface area (Å²) in [5.41, 5.74) is 1.66. The molecule has 28 heavy (non-hydrogen) atoms. The molecular formula is C23H20N2O3. The minimum Gasteiger partial charge on any atom is -0.494 e. The van der Waals surface area contributed by atoms with Crippen LogP contribution in [-0.4, -0.2) is 15.5 Å². The van der Waals surface area contributed by atoms with E-state index in [1.54, 1.807) is 25.1 Å². The number of aromatic hydroxyl groups is 1. The standard InChI is InChI=1S/C23H20N2O3/c1-15-8-6-7-11-18(15)21(26)20-16(2)19(14-24)22(27)25(23(20)28)13-12-17-9-4-3-5-10-17/h3-11,28H,12-13H2,1-2H3. The first-order valence-electron chi connectivity index (χ1n) is 8.96. The number of ketones is 1. The van der Waals surface area contributed by atoms with Crippen LogP contribution in [0.3, 0.4) is 0 Å². The molecule has 0 radical (unpaired) electrons. The lowest BCUT2D eigenvalue weighted by Crippen LogP contribution is -2.27. The Morgan fingerprint density at radius 1 is 1.07 bits per heavy atom. The molecule has 1 aromatic heterocycles. The highest BCUT2D eigenvalue weighted by Crippen LogP contribution is 2.26. The third-order valence-electron chi connectivity index (χ3n) is 4.88. The Kier molecular flexibility index (Phi) is 5.42. The number of carbonyl (C=O) groups is 1. The summed E-state index contributed by atoms with van der Waals surface area (Å²) in [5.74, 6) is -0.802. The van der Waals surface area contributed by atoms with Gasteiger partial charge in [-0.25, -0.2) is 0 Å². The Bertz CT molecular complexity index is 1140. The zero-order chi connectivity index (χ0) is 20.3. The SMILES string of the molecule is Cc1ccccc1C(=O)c1c(C)c(C#N)c(=O)n(CCc2ccccc2)c1O. The molecule has 0 amide bonds. The Hall–Kier alpha value is -3.65. The van der Waals surface area contributed by atoms with Crippen LogP contribution >= 0.6 is 0 Å². The van der Waals surface area contributed by atoms with Crippen molar-refractivity contribution in [3.63, 3.8) is 0 Å². The summed E-state index contributed by atoms with van der Waals surface area (Å²) < 4.78 is 1.12. The molecule has 140 valence electrons. The number of nitrogens with zero attached hydrogens (tertiary/aromatic N) is 2. The zero-order valence-corrected chi connectivity index (χ0v) is 15.8. The highest BCUT2D eigenvalue weighted by Gasteiger charge is 2.25. The van der Waals surface area contributed by atoms with Crippen molar-refractivity contribution in [2.75, 3.05) is 0 Å². The van der Waals surface area contributed by atoms with Crippen LogP contribution in [0.5, 0.6) is 5.88 Å². The molecule has 0 atom stereocenters. The second kappa shape index (κ2) is 7.93. The molecule has 2 aromatic carbocycles. The number of hydrogen-bond acceptors (Lipinski definition) is 4. The summed E-state index contributed by atoms with van der Waals surface area (Å²) in [5, 5.41) is 20.3. The van der Waals surface area contributed by atoms with Crippen molar-refractivity contribution in [3.05, 3.63) is 98.3 Å². The number of benzene rings is 2. The maximum Gasteiger partial charge on any atom is 0.271 e. The largest absolute Gasteiger partial charge is 0.494 e. The Balaban J connectivity index is 2.13. The van der Waals surface area contributed by atoms with Gasteiger partial charge in [-0.05, 0) is 37.0 Å². The van der Waals surface area contributed by atoms with E-state index in [4.69, 9.17) is 0 Å². The van der Waals surface area contributed by atoms with Gasteiger partial charge in [-0.2, -0.15) is 5.26 Å². The smallest absolute Gasteiger partial charge is 0.271 e. The van der Waals surface area contributed by atoms with Gasteiger partial charge in [0.1, 0.15) is 11.6 Å². The summed E-state index contributed by atoms with van der Waals surface area (Å²) in [4.78, 5) is 25.8. The first-order valence-corrected chi connectivity index (χ1v) is 8.96. The van der Waals surface area contributed by atoms with E-state index in [2.05, 4.69) is 0 Å². The van der Waals surface area contributed by atoms with Crippen LogP contribution in [0.2, 0.25) is 0 Å². The Morgan fingerprint density at radius 2 is 1.71 bits per heavy atom. The predicted octanol–water partition coefficient (Wildman–Crippen LogP) is 3.52. The van der Waals surface area contributed by atoms with Crippen LogP contribution in [0.25, 0.3) is 0 Å². The molecule has 0 saturated heterocycles. The molecule has 0 unspecified atom stereocenters. The topological polar surface area (TPSA) is 83.1 Å². The van der Waals surface area contributed by atoms with E-state index >= 15 is 0 Å². The molecule has 5 nitrogen and oxygen atoms in total. The van der Waals surface area contributed by atoms with E-state index in [1.165, 1.54) is 6.92 Å². The summed E-state index contributed by atoms with van der Waals surface area (Å²) in [7, 11) is 0. The maximum atomic E-state index is 13.1. The number of pyridine rings is 1. The molecule has 5 heteroatoms. The Morgan fingerprint density at radius 3 is 2.36 bits per heavy atom. The average molecular weight is 372 g/mol. The minimum absolute atomic E-state index is 0.00138. The molecule has 3 aromatic rings. The second-order valence-electron chi connectivity index (χ2n) is 6.65. The molecule has 0 saturated carbocycles. The fraction of sp³-hybridized carbons (Fsp3) is 0.174. The number of rotatable bonds is 5. The average Bonchev–Trinajstić information content (AvgIpc) is 2.69. The summed E-state index contributed by atoms with van der Waals surface area (Å²) in [6, 6.07) is 18.4. The molecule has 0 aliphatic heterocycles. The molecular weight excluding hydrogens is 352 g/mol. The van der Waals surface area contributed by atoms with E-state index in [9.17, 15) is 20.0 Å². The predicted molar refractivity (Wildman–Crippen MR) is 107 cm³/mol. The molecule has 3 rings (SSSR count). The lowest BCUT2D eigenvalue weighted by Gasteiger charge is -2.16. The third kappa shape index (κ3) is 3.45. The van der Waals surface area contributed by atoms with Crippen LogP contribution in [0.15, 0.2) is 59.4 Å². The fourth-order valence-corrected chi connectivity index (χ4v) is 3.28. The lowest BCUT2D eigenvalue weighted by molar-refractivity contribution is 0.103. The van der Waals surface area contributed by atoms with E-state index in [0.29, 0.717) is 12.0 Å². The molecule has 0 bridgehead atoms. The zero-order valence-electron chi connectivity index (χ0n) is 15.8. The van der Waals surface area contributed by atoms with E-state index in [0.717, 1.165) is 15.7 Å². The van der Waals surface area contributed by atoms with Gasteiger partial charge in [0.05, 0.1) is 5.56 Å². The van der Waals surface area contributed by atoms with Crippen molar-refractivity contribution in [2.45, 2.75) is 26.8 Å². The van der Waals surface area contributed by atoms with Crippen molar-refractivity contribution in [1.29, 1.82) is 5.26 Å². The van der Waals surface area contributed by atoms with E-state index < -0.39 is 17.2 Å². The first-order chi connectivity index (χ1) is 13.5. The quantitative estimate of drug-likeness (QED) is 0.695. The van der Waals surface area contributed by atoms with Crippen LogP contribution in [-0.2, 0) is 13.0 Å². The number of aromatic nitrogens is 1. The summed E-state index contributed by atoms with van der Waals surface area (Å²) >= 11 is 0. The number of carbonyl (C=O) groups excluding carboxylic acids is 1. The molecule has 0 spiro atoms. The fourth-order valence-electron chi connectivity index (χ4n) is 3.28. The van der Waals surface area contributed by atoms with Crippen molar-refractivity contribution in [3.8, 4) is 11.9 Å². The molecule has 0 aliphatic rings. The Labute approximate surface area is 163 Å². The van der Waals surface area contributed by atoms with Gasteiger partial charge < -0.3 is 5.11 Å². The third-order valence-corrected chi connectivity index (χ3v) is 4.88. The van der Waals surface area contributed by atoms with Gasteiger partial charge in [0.15, 0.2) is 5.78 Å². The monoisotopic (exact) mass is 372 g/mol. The van der Waals surface area contributed by atoms with E-state index in [-0.39, 0.29) is 23.2 Å². The van der Waals surface area contributed by atoms with Gasteiger partial charge in [0.2, 0.25) is 5.88 Å². The van der Waals surface area contributed by atoms with Crippen molar-refractivity contribution in [1.82, 2.24) is 4.57 Å². The lowest BCUT2D eigenvalue weighted by atomic mass is 9.94. The van der Waals surface area contributed by atoms with Crippen molar-refractivity contribution >= 4 is 5.78 Å². The molecule has 1 heterocycles. The van der Waals surface area contributed by atoms with Gasteiger partial charge in [0, 0.05) is 12.1 Å². The molecule has 0 aliphatic carbocycles. The van der Waals surface area contributed by atoms with Crippen molar-refractivity contribution < 1.29 is 9.90 Å². The minimum atomic E-state index is -0.588. The van der Waals surface area contributed by atoms with Crippen LogP contribution < -0.4 is 5.56 Å². The van der Waals surface area contributed by atoms with E-state index in [1.807, 2.05) is 42.5 Å². The first kappa shape index (κ1) is 19.1. The van der Waals surface area contributed by atoms with Gasteiger partial charge in [0.25, 0.3) is 5.56 Å². The second-order valence-corrected chi connectivity index (χ2v) is 6.65. The van der Waals surface area contributed by atoms with Gasteiger partial charge >= 0.3 is 0 Å². The van der Waals surface area contributed by atoms with Crippen LogP contribution in [0.1, 0.15) is 38.2 Å². The molecule has 0 fully saturated rings. The van der Waals surface area contributed by atoms with Crippen LogP contribution in [0.4, 0.5) is 0 Å². The van der Waals surface area contributed by atoms with Gasteiger partial charge in [-0.15, -0.1) is 0 Å². The van der Waals surface area contributed by atoms with Crippen molar-refractivity contribution in [2.24, 2.45) is 0 Å². The number of nitriles is 1.